The second-order valence-corrected chi connectivity index (χ2v) is 4.86. The molecule has 0 radical (unpaired) electrons. The van der Waals surface area contributed by atoms with E-state index < -0.39 is 4.92 Å². The van der Waals surface area contributed by atoms with Crippen LogP contribution in [0, 0.1) is 13.7 Å². The van der Waals surface area contributed by atoms with Crippen molar-refractivity contribution >= 4 is 34.0 Å². The topological polar surface area (TPSA) is 75.4 Å². The van der Waals surface area contributed by atoms with E-state index in [0.29, 0.717) is 13.0 Å². The molecule has 1 aromatic carbocycles. The Balaban J connectivity index is 2.57. The van der Waals surface area contributed by atoms with E-state index in [1.165, 1.54) is 12.1 Å². The summed E-state index contributed by atoms with van der Waals surface area (Å²) in [6, 6.07) is 4.69. The summed E-state index contributed by atoms with van der Waals surface area (Å²) in [4.78, 5) is 10.1. The van der Waals surface area contributed by atoms with Crippen molar-refractivity contribution in [3.8, 4) is 0 Å². The van der Waals surface area contributed by atoms with Crippen molar-refractivity contribution < 1.29 is 10.0 Å². The van der Waals surface area contributed by atoms with Crippen molar-refractivity contribution in [3.63, 3.8) is 0 Å². The van der Waals surface area contributed by atoms with Gasteiger partial charge in [0.1, 0.15) is 0 Å². The molecule has 0 amide bonds. The van der Waals surface area contributed by atoms with E-state index in [1.54, 1.807) is 6.07 Å². The largest absolute Gasteiger partial charge is 0.393 e. The first-order valence-electron chi connectivity index (χ1n) is 5.40. The number of nitro groups is 1. The zero-order valence-corrected chi connectivity index (χ0v) is 11.7. The molecule has 0 aliphatic carbocycles. The predicted octanol–water partition coefficient (Wildman–Crippen LogP) is 2.77. The van der Waals surface area contributed by atoms with E-state index in [-0.39, 0.29) is 11.8 Å². The highest BCUT2D eigenvalue weighted by Crippen LogP contribution is 2.23. The number of nitrogens with zero attached hydrogens (tertiary/aromatic N) is 1. The van der Waals surface area contributed by atoms with Gasteiger partial charge in [0, 0.05) is 27.9 Å². The third-order valence-electron chi connectivity index (χ3n) is 2.43. The molecule has 0 aliphatic heterocycles. The fourth-order valence-corrected chi connectivity index (χ4v) is 2.03. The summed E-state index contributed by atoms with van der Waals surface area (Å²) in [6.45, 7) is 2.59. The Kier molecular flexibility index (Phi) is 5.63. The van der Waals surface area contributed by atoms with Gasteiger partial charge in [0.05, 0.1) is 11.0 Å². The van der Waals surface area contributed by atoms with Gasteiger partial charge in [-0.2, -0.15) is 0 Å². The van der Waals surface area contributed by atoms with E-state index in [1.807, 2.05) is 6.92 Å². The molecule has 0 saturated carbocycles. The molecular formula is C11H15IN2O3. The smallest absolute Gasteiger partial charge is 0.270 e. The molecule has 1 atom stereocenters. The molecule has 6 heteroatoms. The number of non-ortho nitro benzene ring substituents is 1. The van der Waals surface area contributed by atoms with E-state index in [4.69, 9.17) is 0 Å². The van der Waals surface area contributed by atoms with Crippen LogP contribution in [0.15, 0.2) is 18.2 Å². The first kappa shape index (κ1) is 14.2. The number of halogens is 1. The molecule has 0 heterocycles. The molecule has 0 aliphatic rings. The third-order valence-corrected chi connectivity index (χ3v) is 3.32. The second kappa shape index (κ2) is 6.75. The average Bonchev–Trinajstić information content (AvgIpc) is 2.30. The van der Waals surface area contributed by atoms with Crippen molar-refractivity contribution in [2.24, 2.45) is 0 Å². The number of anilines is 1. The van der Waals surface area contributed by atoms with Crippen LogP contribution in [0.4, 0.5) is 11.4 Å². The zero-order valence-electron chi connectivity index (χ0n) is 9.52. The van der Waals surface area contributed by atoms with Crippen LogP contribution in [-0.4, -0.2) is 22.7 Å². The quantitative estimate of drug-likeness (QED) is 0.470. The van der Waals surface area contributed by atoms with E-state index in [0.717, 1.165) is 15.7 Å². The molecule has 5 nitrogen and oxygen atoms in total. The van der Waals surface area contributed by atoms with Gasteiger partial charge in [-0.25, -0.2) is 0 Å². The molecular weight excluding hydrogens is 335 g/mol. The Morgan fingerprint density at radius 2 is 2.29 bits per heavy atom. The van der Waals surface area contributed by atoms with Gasteiger partial charge in [-0.05, 0) is 41.5 Å². The number of aliphatic hydroxyl groups is 1. The summed E-state index contributed by atoms with van der Waals surface area (Å²) < 4.78 is 0.808. The maximum atomic E-state index is 10.6. The average molecular weight is 350 g/mol. The van der Waals surface area contributed by atoms with Gasteiger partial charge in [0.2, 0.25) is 0 Å². The van der Waals surface area contributed by atoms with E-state index in [2.05, 4.69) is 27.9 Å². The summed E-state index contributed by atoms with van der Waals surface area (Å²) >= 11 is 2.06. The first-order valence-corrected chi connectivity index (χ1v) is 6.48. The highest BCUT2D eigenvalue weighted by atomic mass is 127. The molecule has 2 N–H and O–H groups in total. The second-order valence-electron chi connectivity index (χ2n) is 3.70. The maximum absolute atomic E-state index is 10.6. The standard InChI is InChI=1S/C11H15IN2O3/c1-2-9(15)5-6-13-11-4-3-8(14(16)17)7-10(11)12/h3-4,7,9,13,15H,2,5-6H2,1H3. The maximum Gasteiger partial charge on any atom is 0.270 e. The number of benzene rings is 1. The van der Waals surface area contributed by atoms with Gasteiger partial charge in [-0.15, -0.1) is 0 Å². The molecule has 17 heavy (non-hydrogen) atoms. The molecule has 0 aromatic heterocycles. The molecule has 0 spiro atoms. The normalized spacial score (nSPS) is 12.2. The molecule has 94 valence electrons. The fraction of sp³-hybridized carbons (Fsp3) is 0.455. The minimum Gasteiger partial charge on any atom is -0.393 e. The van der Waals surface area contributed by atoms with Crippen LogP contribution in [-0.2, 0) is 0 Å². The number of rotatable bonds is 6. The molecule has 0 bridgehead atoms. The molecule has 0 fully saturated rings. The highest BCUT2D eigenvalue weighted by molar-refractivity contribution is 14.1. The van der Waals surface area contributed by atoms with Gasteiger partial charge >= 0.3 is 0 Å². The lowest BCUT2D eigenvalue weighted by Crippen LogP contribution is -2.12. The van der Waals surface area contributed by atoms with Gasteiger partial charge < -0.3 is 10.4 Å². The minimum atomic E-state index is -0.410. The van der Waals surface area contributed by atoms with Gasteiger partial charge in [-0.3, -0.25) is 10.1 Å². The van der Waals surface area contributed by atoms with Gasteiger partial charge in [-0.1, -0.05) is 6.92 Å². The molecule has 1 rings (SSSR count). The van der Waals surface area contributed by atoms with Crippen LogP contribution in [0.3, 0.4) is 0 Å². The van der Waals surface area contributed by atoms with Crippen LogP contribution < -0.4 is 5.32 Å². The summed E-state index contributed by atoms with van der Waals surface area (Å²) in [5.41, 5.74) is 0.952. The molecule has 1 aromatic rings. The SMILES string of the molecule is CCC(O)CCNc1ccc([N+](=O)[O-])cc1I. The Bertz CT molecular complexity index is 398. The lowest BCUT2D eigenvalue weighted by atomic mass is 10.2. The minimum absolute atomic E-state index is 0.0912. The summed E-state index contributed by atoms with van der Waals surface area (Å²) in [5, 5.41) is 23.1. The summed E-state index contributed by atoms with van der Waals surface area (Å²) in [5.74, 6) is 0. The molecule has 0 saturated heterocycles. The van der Waals surface area contributed by atoms with Crippen molar-refractivity contribution in [1.82, 2.24) is 0 Å². The van der Waals surface area contributed by atoms with Crippen LogP contribution in [0.2, 0.25) is 0 Å². The van der Waals surface area contributed by atoms with Crippen molar-refractivity contribution in [2.75, 3.05) is 11.9 Å². The lowest BCUT2D eigenvalue weighted by Gasteiger charge is -2.11. The molecule has 1 unspecified atom stereocenters. The lowest BCUT2D eigenvalue weighted by molar-refractivity contribution is -0.384. The van der Waals surface area contributed by atoms with Crippen LogP contribution in [0.1, 0.15) is 19.8 Å². The first-order chi connectivity index (χ1) is 8.04. The summed E-state index contributed by atoms with van der Waals surface area (Å²) in [7, 11) is 0. The number of hydrogen-bond donors (Lipinski definition) is 2. The number of aliphatic hydroxyl groups excluding tert-OH is 1. The number of hydrogen-bond acceptors (Lipinski definition) is 4. The Labute approximate surface area is 114 Å². The monoisotopic (exact) mass is 350 g/mol. The van der Waals surface area contributed by atoms with Crippen LogP contribution in [0.5, 0.6) is 0 Å². The van der Waals surface area contributed by atoms with Crippen molar-refractivity contribution in [1.29, 1.82) is 0 Å². The number of nitro benzene ring substituents is 1. The zero-order chi connectivity index (χ0) is 12.8. The summed E-state index contributed by atoms with van der Waals surface area (Å²) in [6.07, 6.45) is 1.11. The fourth-order valence-electron chi connectivity index (χ4n) is 1.34. The van der Waals surface area contributed by atoms with E-state index >= 15 is 0 Å². The van der Waals surface area contributed by atoms with Crippen molar-refractivity contribution in [2.45, 2.75) is 25.9 Å². The van der Waals surface area contributed by atoms with Crippen LogP contribution >= 0.6 is 22.6 Å². The van der Waals surface area contributed by atoms with Crippen molar-refractivity contribution in [3.05, 3.63) is 31.9 Å². The predicted molar refractivity (Wildman–Crippen MR) is 75.2 cm³/mol. The Morgan fingerprint density at radius 3 is 2.82 bits per heavy atom. The Morgan fingerprint density at radius 1 is 1.59 bits per heavy atom. The van der Waals surface area contributed by atoms with Gasteiger partial charge in [0.25, 0.3) is 5.69 Å². The highest BCUT2D eigenvalue weighted by Gasteiger charge is 2.08. The van der Waals surface area contributed by atoms with E-state index in [9.17, 15) is 15.2 Å². The number of nitrogens with one attached hydrogen (secondary N) is 1. The van der Waals surface area contributed by atoms with Gasteiger partial charge in [0.15, 0.2) is 0 Å². The van der Waals surface area contributed by atoms with Crippen LogP contribution in [0.25, 0.3) is 0 Å². The third kappa shape index (κ3) is 4.47. The Hall–Kier alpha value is -0.890.